The third kappa shape index (κ3) is 57.9. The second-order valence-corrected chi connectivity index (χ2v) is 24.6. The van der Waals surface area contributed by atoms with Gasteiger partial charge in [0, 0.05) is 50.1 Å². The lowest BCUT2D eigenvalue weighted by Crippen LogP contribution is -2.24. The summed E-state index contributed by atoms with van der Waals surface area (Å²) in [6, 6.07) is 0. The Labute approximate surface area is 502 Å². The molecule has 0 rings (SSSR count). The molecule has 6 heteroatoms. The molecular weight excluding hydrogens is 973 g/mol. The van der Waals surface area contributed by atoms with Gasteiger partial charge >= 0.3 is 0 Å². The van der Waals surface area contributed by atoms with Gasteiger partial charge in [-0.2, -0.15) is 0 Å². The Morgan fingerprint density at radius 1 is 0.190 bits per heavy atom. The molecule has 6 nitrogen and oxygen atoms in total. The van der Waals surface area contributed by atoms with E-state index in [1.807, 2.05) is 0 Å². The molecule has 0 radical (unpaired) electrons. The predicted molar refractivity (Wildman–Crippen MR) is 356 cm³/mol. The highest BCUT2D eigenvalue weighted by atomic mass is 16.5. The minimum Gasteiger partial charge on any atom is -0.381 e. The maximum Gasteiger partial charge on any atom is 0.0516 e. The highest BCUT2D eigenvalue weighted by Gasteiger charge is 2.26. The summed E-state index contributed by atoms with van der Waals surface area (Å²) in [5, 5.41) is 0. The summed E-state index contributed by atoms with van der Waals surface area (Å²) in [7, 11) is 0. The fourth-order valence-electron chi connectivity index (χ4n) is 11.0. The molecule has 0 amide bonds. The molecule has 0 bridgehead atoms. The van der Waals surface area contributed by atoms with Crippen LogP contribution in [0, 0.1) is 58.7 Å². The molecule has 8 atom stereocenters. The van der Waals surface area contributed by atoms with Crippen LogP contribution in [-0.2, 0) is 28.4 Å². The molecule has 0 aliphatic heterocycles. The van der Waals surface area contributed by atoms with E-state index in [0.29, 0.717) is 40.9 Å². The predicted octanol–water partition coefficient (Wildman–Crippen LogP) is 23.7. The van der Waals surface area contributed by atoms with Crippen molar-refractivity contribution in [1.82, 2.24) is 0 Å². The molecule has 0 aromatic carbocycles. The van der Waals surface area contributed by atoms with Crippen LogP contribution >= 0.6 is 0 Å². The maximum absolute atomic E-state index is 6.15. The Balaban J connectivity index is -0.000000368. The zero-order chi connectivity index (χ0) is 60.6. The van der Waals surface area contributed by atoms with Crippen molar-refractivity contribution in [3.05, 3.63) is 0 Å². The van der Waals surface area contributed by atoms with Gasteiger partial charge in [-0.15, -0.1) is 0 Å². The third-order valence-corrected chi connectivity index (χ3v) is 16.7. The Bertz CT molecular complexity index is 964. The first-order valence-electron chi connectivity index (χ1n) is 35.8. The van der Waals surface area contributed by atoms with E-state index in [1.165, 1.54) is 167 Å². The van der Waals surface area contributed by atoms with Crippen LogP contribution in [0.3, 0.4) is 0 Å². The zero-order valence-electron chi connectivity index (χ0n) is 58.8. The van der Waals surface area contributed by atoms with E-state index in [1.54, 1.807) is 0 Å². The standard InChI is InChI=1S/C34H70O5.C14H30O.C13H28.C9H20.C3H8/c1-9-17-29(11-3)19-35-21-31(13-5)23-37-25-33(15-7)27-39-28-34(16-8)26-38-24-32(14-6)22-36-20-30(12-4)18-10-2;1-5-9-13(7-3)11-15-12-14(8-4)10-6-2;1-5-9-13(10-6-2,11-7-3)12-8-4;1-4-7-9(6-3)8-5-2;1-3-2/h29-34H,9-28H2,1-8H3;13-14H,5-12H2,1-4H3;5-12H2,1-4H3;9H,4-8H2,1-3H3;3H2,1-2H3. The van der Waals surface area contributed by atoms with Crippen molar-refractivity contribution in [1.29, 1.82) is 0 Å². The van der Waals surface area contributed by atoms with Crippen LogP contribution in [0.2, 0.25) is 0 Å². The van der Waals surface area contributed by atoms with Crippen LogP contribution in [0.1, 0.15) is 338 Å². The van der Waals surface area contributed by atoms with Crippen molar-refractivity contribution in [2.24, 2.45) is 58.7 Å². The first-order chi connectivity index (χ1) is 38.3. The van der Waals surface area contributed by atoms with Gasteiger partial charge in [0.05, 0.1) is 52.9 Å². The van der Waals surface area contributed by atoms with Crippen molar-refractivity contribution in [2.45, 2.75) is 338 Å². The van der Waals surface area contributed by atoms with E-state index in [-0.39, 0.29) is 0 Å². The average molecular weight is 1130 g/mol. The lowest BCUT2D eigenvalue weighted by atomic mass is 9.72. The van der Waals surface area contributed by atoms with E-state index in [0.717, 1.165) is 123 Å². The molecule has 0 spiro atoms. The molecule has 0 heterocycles. The molecular formula is C73H156O6. The van der Waals surface area contributed by atoms with Gasteiger partial charge in [-0.05, 0) is 112 Å². The molecule has 0 aliphatic carbocycles. The van der Waals surface area contributed by atoms with Crippen molar-refractivity contribution in [2.75, 3.05) is 79.3 Å². The summed E-state index contributed by atoms with van der Waals surface area (Å²) in [5.41, 5.74) is 0.701. The number of hydrogen-bond donors (Lipinski definition) is 0. The van der Waals surface area contributed by atoms with Gasteiger partial charge in [0.25, 0.3) is 0 Å². The third-order valence-electron chi connectivity index (χ3n) is 16.7. The van der Waals surface area contributed by atoms with Crippen molar-refractivity contribution in [3.63, 3.8) is 0 Å². The largest absolute Gasteiger partial charge is 0.381 e. The topological polar surface area (TPSA) is 55.4 Å². The van der Waals surface area contributed by atoms with Gasteiger partial charge in [-0.1, -0.05) is 261 Å². The minimum atomic E-state index is 0.442. The fraction of sp³-hybridized carbons (Fsp3) is 1.00. The molecule has 0 fully saturated rings. The van der Waals surface area contributed by atoms with Gasteiger partial charge in [-0.3, -0.25) is 0 Å². The summed E-state index contributed by atoms with van der Waals surface area (Å²) >= 11 is 0. The van der Waals surface area contributed by atoms with Crippen LogP contribution in [-0.4, -0.2) is 79.3 Å². The maximum atomic E-state index is 6.15. The first-order valence-corrected chi connectivity index (χ1v) is 35.8. The number of ether oxygens (including phenoxy) is 6. The van der Waals surface area contributed by atoms with E-state index in [9.17, 15) is 0 Å². The van der Waals surface area contributed by atoms with E-state index >= 15 is 0 Å². The van der Waals surface area contributed by atoms with Crippen LogP contribution < -0.4 is 0 Å². The van der Waals surface area contributed by atoms with Crippen molar-refractivity contribution < 1.29 is 28.4 Å². The molecule has 484 valence electrons. The number of rotatable bonds is 53. The Hall–Kier alpha value is -0.240. The van der Waals surface area contributed by atoms with Gasteiger partial charge in [0.1, 0.15) is 0 Å². The van der Waals surface area contributed by atoms with Gasteiger partial charge in [0.2, 0.25) is 0 Å². The smallest absolute Gasteiger partial charge is 0.0516 e. The zero-order valence-corrected chi connectivity index (χ0v) is 58.8. The van der Waals surface area contributed by atoms with Crippen LogP contribution in [0.5, 0.6) is 0 Å². The van der Waals surface area contributed by atoms with Crippen LogP contribution in [0.15, 0.2) is 0 Å². The Morgan fingerprint density at radius 3 is 0.456 bits per heavy atom. The second-order valence-electron chi connectivity index (χ2n) is 24.6. The summed E-state index contributed by atoms with van der Waals surface area (Å²) < 4.78 is 36.4. The average Bonchev–Trinajstić information content (AvgIpc) is 3.45. The number of hydrogen-bond acceptors (Lipinski definition) is 6. The lowest BCUT2D eigenvalue weighted by molar-refractivity contribution is -0.0204. The molecule has 0 aromatic heterocycles. The van der Waals surface area contributed by atoms with E-state index < -0.39 is 0 Å². The Kier molecular flexibility index (Phi) is 77.8. The molecule has 0 aliphatic rings. The summed E-state index contributed by atoms with van der Waals surface area (Å²) in [5.74, 6) is 5.82. The lowest BCUT2D eigenvalue weighted by Gasteiger charge is -2.33. The molecule has 8 unspecified atom stereocenters. The molecule has 0 saturated carbocycles. The van der Waals surface area contributed by atoms with Gasteiger partial charge in [-0.25, -0.2) is 0 Å². The highest BCUT2D eigenvalue weighted by Crippen LogP contribution is 2.39. The van der Waals surface area contributed by atoms with E-state index in [4.69, 9.17) is 28.4 Å². The first kappa shape index (κ1) is 87.5. The van der Waals surface area contributed by atoms with Crippen molar-refractivity contribution >= 4 is 0 Å². The highest BCUT2D eigenvalue weighted by molar-refractivity contribution is 4.78. The summed E-state index contributed by atoms with van der Waals surface area (Å²) in [4.78, 5) is 0. The normalized spacial score (nSPS) is 14.5. The molecule has 0 aromatic rings. The van der Waals surface area contributed by atoms with E-state index in [2.05, 4.69) is 145 Å². The summed E-state index contributed by atoms with van der Waals surface area (Å²) in [6.07, 6.45) is 38.9. The fourth-order valence-corrected chi connectivity index (χ4v) is 11.0. The Morgan fingerprint density at radius 2 is 0.329 bits per heavy atom. The molecule has 0 saturated heterocycles. The summed E-state index contributed by atoms with van der Waals surface area (Å²) in [6.45, 7) is 57.4. The van der Waals surface area contributed by atoms with Crippen molar-refractivity contribution in [3.8, 4) is 0 Å². The van der Waals surface area contributed by atoms with Gasteiger partial charge < -0.3 is 28.4 Å². The molecule has 0 N–H and O–H groups in total. The van der Waals surface area contributed by atoms with Gasteiger partial charge in [0.15, 0.2) is 0 Å². The quantitative estimate of drug-likeness (QED) is 0.0605. The SMILES string of the molecule is CCC.CCCC(CC)CCC.CCCC(CC)COCC(CC)CCC.CCCC(CC)COCC(CC)COCC(CC)COCC(CC)COCC(CC)COCC(CC)CCC.CCCC(CCC)(CCC)CCC. The monoisotopic (exact) mass is 1130 g/mol. The van der Waals surface area contributed by atoms with Crippen LogP contribution in [0.4, 0.5) is 0 Å². The second kappa shape index (κ2) is 70.2. The molecule has 79 heavy (non-hydrogen) atoms. The van der Waals surface area contributed by atoms with Crippen LogP contribution in [0.25, 0.3) is 0 Å². The minimum absolute atomic E-state index is 0.442.